The van der Waals surface area contributed by atoms with Crippen LogP contribution in [0.2, 0.25) is 0 Å². The molecule has 0 bridgehead atoms. The van der Waals surface area contributed by atoms with Crippen molar-refractivity contribution in [3.63, 3.8) is 0 Å². The second-order valence-corrected chi connectivity index (χ2v) is 5.17. The van der Waals surface area contributed by atoms with Crippen LogP contribution < -0.4 is 14.9 Å². The summed E-state index contributed by atoms with van der Waals surface area (Å²) in [6.45, 7) is 2.25. The average molecular weight is 414 g/mol. The average Bonchev–Trinajstić information content (AvgIpc) is 2.92. The van der Waals surface area contributed by atoms with Crippen molar-refractivity contribution in [3.05, 3.63) is 45.9 Å². The van der Waals surface area contributed by atoms with E-state index in [9.17, 15) is 4.79 Å². The number of carbonyl (C=O) groups is 1. The molecule has 0 atom stereocenters. The second kappa shape index (κ2) is 8.42. The summed E-state index contributed by atoms with van der Waals surface area (Å²) in [7, 11) is 0. The van der Waals surface area contributed by atoms with Crippen molar-refractivity contribution in [2.24, 2.45) is 5.10 Å². The number of nitrogens with zero attached hydrogens (tertiary/aromatic N) is 1. The SMILES string of the molecule is CCOc1ccccc1OCC(=O)NN=Cc1ccc(I)o1. The van der Waals surface area contributed by atoms with Gasteiger partial charge in [0.05, 0.1) is 12.8 Å². The number of nitrogens with one attached hydrogen (secondary N) is 1. The van der Waals surface area contributed by atoms with Gasteiger partial charge in [-0.1, -0.05) is 12.1 Å². The normalized spacial score (nSPS) is 10.6. The van der Waals surface area contributed by atoms with Crippen LogP contribution in [-0.4, -0.2) is 25.3 Å². The molecular formula is C15H15IN2O4. The Labute approximate surface area is 141 Å². The van der Waals surface area contributed by atoms with Gasteiger partial charge in [-0.3, -0.25) is 4.79 Å². The fourth-order valence-corrected chi connectivity index (χ4v) is 2.02. The van der Waals surface area contributed by atoms with Crippen molar-refractivity contribution in [1.82, 2.24) is 5.43 Å². The third-order valence-corrected chi connectivity index (χ3v) is 3.06. The standard InChI is InChI=1S/C15H15IN2O4/c1-2-20-12-5-3-4-6-13(12)21-10-15(19)18-17-9-11-7-8-14(16)22-11/h3-9H,2,10H2,1H3,(H,18,19). The van der Waals surface area contributed by atoms with Crippen LogP contribution in [0.4, 0.5) is 0 Å². The third kappa shape index (κ3) is 5.06. The van der Waals surface area contributed by atoms with E-state index in [0.29, 0.717) is 23.9 Å². The first kappa shape index (κ1) is 16.3. The Morgan fingerprint density at radius 2 is 2.00 bits per heavy atom. The number of halogens is 1. The lowest BCUT2D eigenvalue weighted by molar-refractivity contribution is -0.123. The highest BCUT2D eigenvalue weighted by atomic mass is 127. The van der Waals surface area contributed by atoms with Gasteiger partial charge in [-0.05, 0) is 53.8 Å². The molecule has 0 fully saturated rings. The Bertz CT molecular complexity index is 654. The largest absolute Gasteiger partial charge is 0.490 e. The first-order valence-corrected chi connectivity index (χ1v) is 7.68. The maximum atomic E-state index is 11.7. The lowest BCUT2D eigenvalue weighted by atomic mass is 10.3. The summed E-state index contributed by atoms with van der Waals surface area (Å²) in [6, 6.07) is 10.7. The smallest absolute Gasteiger partial charge is 0.277 e. The number of rotatable bonds is 7. The first-order valence-electron chi connectivity index (χ1n) is 6.61. The van der Waals surface area contributed by atoms with Crippen molar-refractivity contribution in [2.45, 2.75) is 6.92 Å². The Balaban J connectivity index is 1.81. The number of hydrogen-bond acceptors (Lipinski definition) is 5. The first-order chi connectivity index (χ1) is 10.7. The van der Waals surface area contributed by atoms with Gasteiger partial charge in [0.1, 0.15) is 5.76 Å². The second-order valence-electron chi connectivity index (χ2n) is 4.10. The topological polar surface area (TPSA) is 73.1 Å². The highest BCUT2D eigenvalue weighted by Crippen LogP contribution is 2.26. The molecule has 0 saturated carbocycles. The van der Waals surface area contributed by atoms with Gasteiger partial charge in [-0.2, -0.15) is 5.10 Å². The number of hydrazone groups is 1. The van der Waals surface area contributed by atoms with E-state index in [4.69, 9.17) is 13.9 Å². The zero-order chi connectivity index (χ0) is 15.8. The van der Waals surface area contributed by atoms with E-state index in [1.807, 2.05) is 41.6 Å². The Kier molecular flexibility index (Phi) is 6.26. The molecule has 2 aromatic rings. The van der Waals surface area contributed by atoms with Crippen LogP contribution in [0.25, 0.3) is 0 Å². The molecule has 0 spiro atoms. The quantitative estimate of drug-likeness (QED) is 0.430. The van der Waals surface area contributed by atoms with E-state index in [2.05, 4.69) is 10.5 Å². The molecule has 0 saturated heterocycles. The van der Waals surface area contributed by atoms with Crippen molar-refractivity contribution in [3.8, 4) is 11.5 Å². The van der Waals surface area contributed by atoms with E-state index in [1.165, 1.54) is 6.21 Å². The molecule has 1 heterocycles. The third-order valence-electron chi connectivity index (χ3n) is 2.48. The Hall–Kier alpha value is -2.03. The van der Waals surface area contributed by atoms with Crippen LogP contribution in [0.15, 0.2) is 45.9 Å². The van der Waals surface area contributed by atoms with Crippen molar-refractivity contribution in [2.75, 3.05) is 13.2 Å². The molecule has 6 nitrogen and oxygen atoms in total. The minimum Gasteiger partial charge on any atom is -0.490 e. The van der Waals surface area contributed by atoms with E-state index in [0.717, 1.165) is 3.77 Å². The fourth-order valence-electron chi connectivity index (χ4n) is 1.59. The zero-order valence-electron chi connectivity index (χ0n) is 11.9. The van der Waals surface area contributed by atoms with Crippen molar-refractivity contribution in [1.29, 1.82) is 0 Å². The molecule has 0 radical (unpaired) electrons. The van der Waals surface area contributed by atoms with Gasteiger partial charge in [0.15, 0.2) is 21.9 Å². The van der Waals surface area contributed by atoms with Crippen LogP contribution >= 0.6 is 22.6 Å². The van der Waals surface area contributed by atoms with Gasteiger partial charge in [0.2, 0.25) is 0 Å². The van der Waals surface area contributed by atoms with Crippen molar-refractivity contribution >= 4 is 34.7 Å². The molecular weight excluding hydrogens is 399 g/mol. The number of para-hydroxylation sites is 2. The number of benzene rings is 1. The molecule has 7 heteroatoms. The van der Waals surface area contributed by atoms with E-state index in [1.54, 1.807) is 24.3 Å². The van der Waals surface area contributed by atoms with Gasteiger partial charge >= 0.3 is 0 Å². The van der Waals surface area contributed by atoms with Crippen LogP contribution in [-0.2, 0) is 4.79 Å². The van der Waals surface area contributed by atoms with Gasteiger partial charge in [-0.25, -0.2) is 5.43 Å². The van der Waals surface area contributed by atoms with Crippen LogP contribution in [0.1, 0.15) is 12.7 Å². The summed E-state index contributed by atoms with van der Waals surface area (Å²) in [5.74, 6) is 1.31. The highest BCUT2D eigenvalue weighted by molar-refractivity contribution is 14.1. The van der Waals surface area contributed by atoms with Gasteiger partial charge in [0, 0.05) is 0 Å². The van der Waals surface area contributed by atoms with Gasteiger partial charge in [-0.15, -0.1) is 0 Å². The number of amides is 1. The number of ether oxygens (including phenoxy) is 2. The number of carbonyl (C=O) groups excluding carboxylic acids is 1. The summed E-state index contributed by atoms with van der Waals surface area (Å²) < 4.78 is 16.9. The van der Waals surface area contributed by atoms with E-state index < -0.39 is 0 Å². The predicted molar refractivity (Wildman–Crippen MR) is 90.3 cm³/mol. The molecule has 1 amide bonds. The maximum absolute atomic E-state index is 11.7. The van der Waals surface area contributed by atoms with Crippen molar-refractivity contribution < 1.29 is 18.7 Å². The van der Waals surface area contributed by atoms with Gasteiger partial charge < -0.3 is 13.9 Å². The number of furan rings is 1. The van der Waals surface area contributed by atoms with E-state index >= 15 is 0 Å². The predicted octanol–water partition coefficient (Wildman–Crippen LogP) is 2.81. The molecule has 1 aromatic heterocycles. The molecule has 0 unspecified atom stereocenters. The lowest BCUT2D eigenvalue weighted by Gasteiger charge is -2.10. The van der Waals surface area contributed by atoms with E-state index in [-0.39, 0.29) is 12.5 Å². The van der Waals surface area contributed by atoms with Crippen LogP contribution in [0, 0.1) is 3.77 Å². The summed E-state index contributed by atoms with van der Waals surface area (Å²) in [5, 5.41) is 3.79. The monoisotopic (exact) mass is 414 g/mol. The maximum Gasteiger partial charge on any atom is 0.277 e. The molecule has 0 aliphatic heterocycles. The number of hydrogen-bond donors (Lipinski definition) is 1. The fraction of sp³-hybridized carbons (Fsp3) is 0.200. The Morgan fingerprint density at radius 3 is 2.64 bits per heavy atom. The highest BCUT2D eigenvalue weighted by Gasteiger charge is 2.06. The summed E-state index contributed by atoms with van der Waals surface area (Å²) in [5.41, 5.74) is 2.36. The molecule has 1 aromatic carbocycles. The summed E-state index contributed by atoms with van der Waals surface area (Å²) >= 11 is 2.05. The minimum atomic E-state index is -0.371. The minimum absolute atomic E-state index is 0.156. The van der Waals surface area contributed by atoms with Crippen LogP contribution in [0.5, 0.6) is 11.5 Å². The Morgan fingerprint density at radius 1 is 1.27 bits per heavy atom. The molecule has 22 heavy (non-hydrogen) atoms. The molecule has 2 rings (SSSR count). The molecule has 1 N–H and O–H groups in total. The summed E-state index contributed by atoms with van der Waals surface area (Å²) in [4.78, 5) is 11.7. The zero-order valence-corrected chi connectivity index (χ0v) is 14.1. The van der Waals surface area contributed by atoms with Crippen LogP contribution in [0.3, 0.4) is 0 Å². The summed E-state index contributed by atoms with van der Waals surface area (Å²) in [6.07, 6.45) is 1.42. The molecule has 0 aliphatic rings. The lowest BCUT2D eigenvalue weighted by Crippen LogP contribution is -2.24. The molecule has 116 valence electrons. The molecule has 0 aliphatic carbocycles. The van der Waals surface area contributed by atoms with Gasteiger partial charge in [0.25, 0.3) is 5.91 Å².